The Balaban J connectivity index is 3.13. The number of unbranched alkanes of at least 4 members (excludes halogenated alkanes) is 5. The Bertz CT molecular complexity index is 613. The monoisotopic (exact) mass is 466 g/mol. The molecule has 0 amide bonds. The molecule has 1 aliphatic rings. The second-order valence-electron chi connectivity index (χ2n) is 8.03. The van der Waals surface area contributed by atoms with E-state index in [4.69, 9.17) is 23.7 Å². The molecule has 0 unspecified atom stereocenters. The molecule has 186 valence electrons. The van der Waals surface area contributed by atoms with Gasteiger partial charge < -0.3 is 23.7 Å². The van der Waals surface area contributed by atoms with Crippen LogP contribution in [0.2, 0.25) is 0 Å². The molecule has 0 N–H and O–H groups in total. The molecule has 0 saturated carbocycles. The van der Waals surface area contributed by atoms with Crippen molar-refractivity contribution in [3.63, 3.8) is 0 Å². The average Bonchev–Trinajstić information content (AvgIpc) is 2.69. The zero-order chi connectivity index (χ0) is 24.3. The number of rotatable bonds is 13. The van der Waals surface area contributed by atoms with Crippen molar-refractivity contribution in [3.05, 3.63) is 0 Å². The highest BCUT2D eigenvalue weighted by molar-refractivity contribution is 5.67. The summed E-state index contributed by atoms with van der Waals surface area (Å²) in [6.45, 7) is 5.02. The van der Waals surface area contributed by atoms with Gasteiger partial charge in [0.2, 0.25) is 0 Å². The first kappa shape index (κ1) is 28.2. The number of hydrogen-bond acceptors (Lipinski definition) is 8. The number of alkyl halides is 2. The van der Waals surface area contributed by atoms with Crippen molar-refractivity contribution in [1.29, 1.82) is 0 Å². The fourth-order valence-electron chi connectivity index (χ4n) is 3.85. The molecule has 0 spiro atoms. The lowest BCUT2D eigenvalue weighted by molar-refractivity contribution is -0.320. The van der Waals surface area contributed by atoms with Gasteiger partial charge in [0.1, 0.15) is 18.6 Å². The quantitative estimate of drug-likeness (QED) is 0.230. The van der Waals surface area contributed by atoms with Gasteiger partial charge in [0.25, 0.3) is 5.92 Å². The summed E-state index contributed by atoms with van der Waals surface area (Å²) in [5, 5.41) is 0. The van der Waals surface area contributed by atoms with E-state index in [1.54, 1.807) is 0 Å². The number of halogens is 2. The highest BCUT2D eigenvalue weighted by atomic mass is 19.3. The molecule has 0 radical (unpaired) electrons. The molecule has 0 aromatic heterocycles. The molecule has 1 aliphatic heterocycles. The van der Waals surface area contributed by atoms with Crippen LogP contribution < -0.4 is 0 Å². The molecule has 0 aromatic carbocycles. The van der Waals surface area contributed by atoms with Gasteiger partial charge in [-0.3, -0.25) is 14.4 Å². The van der Waals surface area contributed by atoms with Gasteiger partial charge in [-0.15, -0.1) is 0 Å². The minimum absolute atomic E-state index is 0.269. The minimum Gasteiger partial charge on any atom is -0.463 e. The van der Waals surface area contributed by atoms with Crippen molar-refractivity contribution in [3.8, 4) is 0 Å². The molecule has 32 heavy (non-hydrogen) atoms. The summed E-state index contributed by atoms with van der Waals surface area (Å²) < 4.78 is 57.0. The fraction of sp³-hybridized carbons (Fsp3) is 0.864. The maximum Gasteiger partial charge on any atom is 0.303 e. The zero-order valence-electron chi connectivity index (χ0n) is 19.6. The van der Waals surface area contributed by atoms with Crippen molar-refractivity contribution in [2.75, 3.05) is 13.7 Å². The fourth-order valence-corrected chi connectivity index (χ4v) is 3.85. The van der Waals surface area contributed by atoms with Crippen LogP contribution in [0.4, 0.5) is 8.78 Å². The lowest BCUT2D eigenvalue weighted by atomic mass is 9.83. The lowest BCUT2D eigenvalue weighted by Gasteiger charge is -2.46. The maximum absolute atomic E-state index is 15.4. The Hall–Kier alpha value is -1.81. The number of carbonyl (C=O) groups is 3. The Labute approximate surface area is 188 Å². The van der Waals surface area contributed by atoms with Crippen molar-refractivity contribution in [2.45, 2.75) is 103 Å². The lowest BCUT2D eigenvalue weighted by Crippen LogP contribution is -2.63. The summed E-state index contributed by atoms with van der Waals surface area (Å²) in [4.78, 5) is 34.7. The van der Waals surface area contributed by atoms with E-state index in [1.165, 1.54) is 14.0 Å². The summed E-state index contributed by atoms with van der Waals surface area (Å²) in [6.07, 6.45) is -1.18. The molecule has 1 saturated heterocycles. The minimum atomic E-state index is -3.34. The highest BCUT2D eigenvalue weighted by Gasteiger charge is 2.59. The predicted molar refractivity (Wildman–Crippen MR) is 110 cm³/mol. The first-order valence-corrected chi connectivity index (χ1v) is 11.1. The number of carbonyl (C=O) groups excluding carboxylic acids is 3. The molecule has 5 atom stereocenters. The summed E-state index contributed by atoms with van der Waals surface area (Å²) in [6, 6.07) is 0. The molecule has 10 heteroatoms. The topological polar surface area (TPSA) is 97.4 Å². The summed E-state index contributed by atoms with van der Waals surface area (Å²) in [7, 11) is 1.19. The number of hydrogen-bond donors (Lipinski definition) is 0. The van der Waals surface area contributed by atoms with E-state index in [2.05, 4.69) is 6.92 Å². The number of esters is 3. The van der Waals surface area contributed by atoms with Gasteiger partial charge in [-0.2, -0.15) is 0 Å². The van der Waals surface area contributed by atoms with Crippen LogP contribution >= 0.6 is 0 Å². The second kappa shape index (κ2) is 13.7. The van der Waals surface area contributed by atoms with Crippen LogP contribution in [0.15, 0.2) is 0 Å². The van der Waals surface area contributed by atoms with Crippen LogP contribution in [0, 0.1) is 5.92 Å². The Morgan fingerprint density at radius 3 is 1.97 bits per heavy atom. The highest BCUT2D eigenvalue weighted by Crippen LogP contribution is 2.43. The van der Waals surface area contributed by atoms with E-state index in [1.807, 2.05) is 0 Å². The largest absolute Gasteiger partial charge is 0.463 e. The second-order valence-corrected chi connectivity index (χ2v) is 8.03. The van der Waals surface area contributed by atoms with Crippen molar-refractivity contribution in [2.24, 2.45) is 5.92 Å². The van der Waals surface area contributed by atoms with Crippen molar-refractivity contribution >= 4 is 17.9 Å². The SMILES string of the molecule is CCCCCCCCC(F)(F)[C@H]1[C@H](OC)O[C@H](COC(C)=O)[C@@H](OC(C)=O)[C@@H]1OC(C)=O. The smallest absolute Gasteiger partial charge is 0.303 e. The van der Waals surface area contributed by atoms with E-state index in [-0.39, 0.29) is 13.0 Å². The Kier molecular flexibility index (Phi) is 12.1. The maximum atomic E-state index is 15.4. The van der Waals surface area contributed by atoms with Gasteiger partial charge in [-0.1, -0.05) is 39.0 Å². The molecule has 0 bridgehead atoms. The Morgan fingerprint density at radius 2 is 1.44 bits per heavy atom. The molecular formula is C22H36F2O8. The van der Waals surface area contributed by atoms with Gasteiger partial charge in [-0.25, -0.2) is 8.78 Å². The van der Waals surface area contributed by atoms with Crippen LogP contribution in [-0.4, -0.2) is 62.1 Å². The van der Waals surface area contributed by atoms with Crippen LogP contribution in [0.3, 0.4) is 0 Å². The molecular weight excluding hydrogens is 430 g/mol. The molecule has 0 aliphatic carbocycles. The van der Waals surface area contributed by atoms with Gasteiger partial charge in [0.05, 0.1) is 0 Å². The standard InChI is InChI=1S/C22H36F2O8/c1-6-7-8-9-10-11-12-22(23,24)18-20(31-16(4)27)19(30-15(3)26)17(13-29-14(2)25)32-21(18)28-5/h17-21H,6-13H2,1-5H3/t17-,18-,19-,20-,21-/m1/s1. The molecule has 1 rings (SSSR count). The predicted octanol–water partition coefficient (Wildman–Crippen LogP) is 3.79. The van der Waals surface area contributed by atoms with Crippen molar-refractivity contribution < 1.29 is 46.8 Å². The van der Waals surface area contributed by atoms with Crippen LogP contribution in [0.25, 0.3) is 0 Å². The van der Waals surface area contributed by atoms with Crippen LogP contribution in [0.1, 0.15) is 72.6 Å². The van der Waals surface area contributed by atoms with E-state index in [9.17, 15) is 14.4 Å². The van der Waals surface area contributed by atoms with Crippen LogP contribution in [-0.2, 0) is 38.1 Å². The van der Waals surface area contributed by atoms with E-state index < -0.39 is 60.8 Å². The zero-order valence-corrected chi connectivity index (χ0v) is 19.6. The van der Waals surface area contributed by atoms with Gasteiger partial charge in [0, 0.05) is 34.3 Å². The van der Waals surface area contributed by atoms with Gasteiger partial charge in [0.15, 0.2) is 18.5 Å². The van der Waals surface area contributed by atoms with E-state index >= 15 is 8.78 Å². The summed E-state index contributed by atoms with van der Waals surface area (Å²) in [5.74, 6) is -7.29. The molecule has 1 fully saturated rings. The first-order chi connectivity index (χ1) is 15.0. The average molecular weight is 467 g/mol. The van der Waals surface area contributed by atoms with Gasteiger partial charge in [-0.05, 0) is 6.42 Å². The number of methoxy groups -OCH3 is 1. The van der Waals surface area contributed by atoms with Crippen LogP contribution in [0.5, 0.6) is 0 Å². The summed E-state index contributed by atoms with van der Waals surface area (Å²) >= 11 is 0. The van der Waals surface area contributed by atoms with Crippen molar-refractivity contribution in [1.82, 2.24) is 0 Å². The molecule has 8 nitrogen and oxygen atoms in total. The summed E-state index contributed by atoms with van der Waals surface area (Å²) in [5.41, 5.74) is 0. The molecule has 1 heterocycles. The third-order valence-corrected chi connectivity index (χ3v) is 5.28. The normalized spacial score (nSPS) is 25.8. The molecule has 0 aromatic rings. The van der Waals surface area contributed by atoms with E-state index in [0.717, 1.165) is 39.5 Å². The first-order valence-electron chi connectivity index (χ1n) is 11.1. The third kappa shape index (κ3) is 8.97. The van der Waals surface area contributed by atoms with Gasteiger partial charge >= 0.3 is 17.9 Å². The Morgan fingerprint density at radius 1 is 0.875 bits per heavy atom. The van der Waals surface area contributed by atoms with E-state index in [0.29, 0.717) is 6.42 Å². The number of ether oxygens (including phenoxy) is 5. The third-order valence-electron chi connectivity index (χ3n) is 5.28.